The molecule has 0 aliphatic carbocycles. The first-order valence-electron chi connectivity index (χ1n) is 13.9. The fourth-order valence-electron chi connectivity index (χ4n) is 5.01. The zero-order valence-corrected chi connectivity index (χ0v) is 24.7. The molecule has 0 N–H and O–H groups in total. The van der Waals surface area contributed by atoms with Crippen LogP contribution in [0.25, 0.3) is 0 Å². The summed E-state index contributed by atoms with van der Waals surface area (Å²) in [6.07, 6.45) is 1.94. The fourth-order valence-corrected chi connectivity index (χ4v) is 9.59. The van der Waals surface area contributed by atoms with Crippen LogP contribution in [-0.2, 0) is 12.3 Å². The Bertz CT molecular complexity index is 1450. The van der Waals surface area contributed by atoms with Gasteiger partial charge in [0.1, 0.15) is 11.5 Å². The standard InChI is InChI=1S/C38H32OP2/c1-5-19-35(20-6-1)40(36-21-7-2-8-22-36)29-31-15-13-17-33(27-31)39-34-18-14-16-32(28-34)30-41(37-23-9-3-10-24-37)38-25-11-4-12-26-38/h1-28H,29-30H2. The van der Waals surface area contributed by atoms with Crippen molar-refractivity contribution in [1.82, 2.24) is 0 Å². The Morgan fingerprint density at radius 2 is 0.659 bits per heavy atom. The minimum Gasteiger partial charge on any atom is -0.457 e. The minimum atomic E-state index is -0.512. The van der Waals surface area contributed by atoms with Crippen molar-refractivity contribution < 1.29 is 4.74 Å². The van der Waals surface area contributed by atoms with Crippen LogP contribution in [0.15, 0.2) is 170 Å². The monoisotopic (exact) mass is 566 g/mol. The second-order valence-electron chi connectivity index (χ2n) is 9.91. The Hall–Kier alpha value is -4.02. The van der Waals surface area contributed by atoms with Gasteiger partial charge in [0.15, 0.2) is 0 Å². The number of benzene rings is 6. The first-order valence-corrected chi connectivity index (χ1v) is 17.0. The molecule has 0 heterocycles. The van der Waals surface area contributed by atoms with E-state index in [-0.39, 0.29) is 0 Å². The third-order valence-corrected chi connectivity index (χ3v) is 12.0. The minimum absolute atomic E-state index is 0.512. The van der Waals surface area contributed by atoms with Gasteiger partial charge in [0.25, 0.3) is 0 Å². The topological polar surface area (TPSA) is 9.23 Å². The van der Waals surface area contributed by atoms with Crippen LogP contribution in [0.2, 0.25) is 0 Å². The van der Waals surface area contributed by atoms with Crippen molar-refractivity contribution in [2.24, 2.45) is 0 Å². The highest BCUT2D eigenvalue weighted by Gasteiger charge is 2.16. The van der Waals surface area contributed by atoms with E-state index in [1.807, 2.05) is 0 Å². The van der Waals surface area contributed by atoms with Crippen molar-refractivity contribution in [3.63, 3.8) is 0 Å². The van der Waals surface area contributed by atoms with Gasteiger partial charge in [-0.1, -0.05) is 146 Å². The molecule has 0 unspecified atom stereocenters. The molecule has 0 aliphatic rings. The van der Waals surface area contributed by atoms with Crippen LogP contribution in [0.1, 0.15) is 11.1 Å². The van der Waals surface area contributed by atoms with E-state index in [0.29, 0.717) is 0 Å². The van der Waals surface area contributed by atoms with E-state index in [2.05, 4.69) is 170 Å². The molecule has 3 heteroatoms. The molecule has 41 heavy (non-hydrogen) atoms. The lowest BCUT2D eigenvalue weighted by atomic mass is 10.2. The molecule has 0 radical (unpaired) electrons. The summed E-state index contributed by atoms with van der Waals surface area (Å²) in [6, 6.07) is 60.7. The van der Waals surface area contributed by atoms with E-state index in [1.165, 1.54) is 32.3 Å². The summed E-state index contributed by atoms with van der Waals surface area (Å²) >= 11 is 0. The highest BCUT2D eigenvalue weighted by molar-refractivity contribution is 7.72. The van der Waals surface area contributed by atoms with E-state index >= 15 is 0 Å². The summed E-state index contributed by atoms with van der Waals surface area (Å²) in [5.74, 6) is 1.76. The molecule has 6 aromatic carbocycles. The number of rotatable bonds is 10. The summed E-state index contributed by atoms with van der Waals surface area (Å²) in [5, 5.41) is 5.56. The molecule has 0 amide bonds. The Kier molecular flexibility index (Phi) is 8.98. The molecule has 0 aliphatic heterocycles. The third-order valence-electron chi connectivity index (χ3n) is 6.99. The molecular weight excluding hydrogens is 534 g/mol. The SMILES string of the molecule is c1ccc(P(Cc2cccc(Oc3cccc(CP(c4ccccc4)c4ccccc4)c3)c2)c2ccccc2)cc1. The molecule has 1 nitrogen and oxygen atoms in total. The number of hydrogen-bond acceptors (Lipinski definition) is 1. The van der Waals surface area contributed by atoms with Gasteiger partial charge in [0, 0.05) is 12.3 Å². The van der Waals surface area contributed by atoms with E-state index in [1.54, 1.807) is 0 Å². The molecule has 0 saturated carbocycles. The molecule has 6 rings (SSSR count). The van der Waals surface area contributed by atoms with E-state index in [0.717, 1.165) is 23.8 Å². The summed E-state index contributed by atoms with van der Waals surface area (Å²) in [7, 11) is -1.02. The molecule has 0 bridgehead atoms. The molecule has 200 valence electrons. The lowest BCUT2D eigenvalue weighted by molar-refractivity contribution is 0.482. The van der Waals surface area contributed by atoms with Crippen LogP contribution in [0.4, 0.5) is 0 Å². The van der Waals surface area contributed by atoms with Crippen molar-refractivity contribution in [2.75, 3.05) is 0 Å². The van der Waals surface area contributed by atoms with Crippen LogP contribution in [0.3, 0.4) is 0 Å². The molecule has 0 saturated heterocycles. The zero-order valence-electron chi connectivity index (χ0n) is 22.9. The normalized spacial score (nSPS) is 11.1. The Balaban J connectivity index is 1.22. The Labute approximate surface area is 246 Å². The van der Waals surface area contributed by atoms with Gasteiger partial charge >= 0.3 is 0 Å². The summed E-state index contributed by atoms with van der Waals surface area (Å²) in [6.45, 7) is 0. The van der Waals surface area contributed by atoms with Crippen molar-refractivity contribution >= 4 is 37.1 Å². The largest absolute Gasteiger partial charge is 0.457 e. The van der Waals surface area contributed by atoms with Gasteiger partial charge in [-0.15, -0.1) is 0 Å². The van der Waals surface area contributed by atoms with Crippen LogP contribution in [0, 0.1) is 0 Å². The average molecular weight is 567 g/mol. The smallest absolute Gasteiger partial charge is 0.127 e. The average Bonchev–Trinajstić information content (AvgIpc) is 3.04. The Morgan fingerprint density at radius 3 is 0.976 bits per heavy atom. The van der Waals surface area contributed by atoms with Crippen LogP contribution < -0.4 is 26.0 Å². The Morgan fingerprint density at radius 1 is 0.341 bits per heavy atom. The van der Waals surface area contributed by atoms with E-state index in [4.69, 9.17) is 4.74 Å². The van der Waals surface area contributed by atoms with Gasteiger partial charge in [-0.2, -0.15) is 0 Å². The van der Waals surface area contributed by atoms with Gasteiger partial charge in [0.2, 0.25) is 0 Å². The second-order valence-corrected chi connectivity index (χ2v) is 14.3. The lowest BCUT2D eigenvalue weighted by Crippen LogP contribution is -2.13. The maximum absolute atomic E-state index is 6.46. The predicted octanol–water partition coefficient (Wildman–Crippen LogP) is 8.74. The van der Waals surface area contributed by atoms with Gasteiger partial charge in [0.05, 0.1) is 0 Å². The summed E-state index contributed by atoms with van der Waals surface area (Å²) < 4.78 is 6.46. The van der Waals surface area contributed by atoms with Gasteiger partial charge in [-0.25, -0.2) is 0 Å². The predicted molar refractivity (Wildman–Crippen MR) is 179 cm³/mol. The maximum atomic E-state index is 6.46. The maximum Gasteiger partial charge on any atom is 0.127 e. The van der Waals surface area contributed by atoms with Gasteiger partial charge in [-0.05, 0) is 72.5 Å². The van der Waals surface area contributed by atoms with Crippen LogP contribution in [0.5, 0.6) is 11.5 Å². The molecule has 0 spiro atoms. The third kappa shape index (κ3) is 7.20. The molecular formula is C38H32OP2. The van der Waals surface area contributed by atoms with Crippen molar-refractivity contribution in [2.45, 2.75) is 12.3 Å². The molecule has 6 aromatic rings. The lowest BCUT2D eigenvalue weighted by Gasteiger charge is -2.20. The van der Waals surface area contributed by atoms with E-state index in [9.17, 15) is 0 Å². The van der Waals surface area contributed by atoms with Crippen molar-refractivity contribution in [3.05, 3.63) is 181 Å². The summed E-state index contributed by atoms with van der Waals surface area (Å²) in [4.78, 5) is 0. The zero-order chi connectivity index (χ0) is 27.7. The first-order chi connectivity index (χ1) is 20.3. The molecule has 0 fully saturated rings. The van der Waals surface area contributed by atoms with Gasteiger partial charge in [-0.3, -0.25) is 0 Å². The van der Waals surface area contributed by atoms with Crippen LogP contribution >= 0.6 is 15.8 Å². The number of ether oxygens (including phenoxy) is 1. The van der Waals surface area contributed by atoms with E-state index < -0.39 is 15.8 Å². The number of hydrogen-bond donors (Lipinski definition) is 0. The molecule has 0 atom stereocenters. The highest BCUT2D eigenvalue weighted by Crippen LogP contribution is 2.40. The van der Waals surface area contributed by atoms with Gasteiger partial charge < -0.3 is 4.74 Å². The summed E-state index contributed by atoms with van der Waals surface area (Å²) in [5.41, 5.74) is 2.57. The molecule has 0 aromatic heterocycles. The highest BCUT2D eigenvalue weighted by atomic mass is 31.1. The van der Waals surface area contributed by atoms with Crippen molar-refractivity contribution in [3.8, 4) is 11.5 Å². The second kappa shape index (κ2) is 13.6. The van der Waals surface area contributed by atoms with Crippen LogP contribution in [-0.4, -0.2) is 0 Å². The quantitative estimate of drug-likeness (QED) is 0.151. The first kappa shape index (κ1) is 27.2. The van der Waals surface area contributed by atoms with Crippen molar-refractivity contribution in [1.29, 1.82) is 0 Å². The fraction of sp³-hybridized carbons (Fsp3) is 0.0526.